The van der Waals surface area contributed by atoms with Gasteiger partial charge in [-0.3, -0.25) is 4.68 Å². The summed E-state index contributed by atoms with van der Waals surface area (Å²) in [5.41, 5.74) is 10.9. The van der Waals surface area contributed by atoms with Crippen LogP contribution in [0.2, 0.25) is 0 Å². The van der Waals surface area contributed by atoms with Crippen molar-refractivity contribution in [1.82, 2.24) is 19.3 Å². The molecule has 4 aromatic carbocycles. The Balaban J connectivity index is 0.00000417. The third kappa shape index (κ3) is 6.62. The Morgan fingerprint density at radius 1 is 0.816 bits per heavy atom. The SMILES string of the molecule is CCCc1cc(Oc2[c-]c3c(cc2)c2cc(C(C)C(C)C)ccc2n3-c2cc(C)ccn2)[c-]c(-n2nc(C)c(-c3ccccc3)c2C)c1.[Pt+2]. The van der Waals surface area contributed by atoms with Gasteiger partial charge in [0.05, 0.1) is 5.69 Å². The van der Waals surface area contributed by atoms with Gasteiger partial charge < -0.3 is 9.30 Å². The normalized spacial score (nSPS) is 12.1. The molecule has 0 radical (unpaired) electrons. The van der Waals surface area contributed by atoms with Crippen LogP contribution in [0.25, 0.3) is 44.4 Å². The molecule has 7 rings (SSSR count). The summed E-state index contributed by atoms with van der Waals surface area (Å²) >= 11 is 0. The summed E-state index contributed by atoms with van der Waals surface area (Å²) in [7, 11) is 0. The van der Waals surface area contributed by atoms with Gasteiger partial charge in [0.2, 0.25) is 0 Å². The monoisotopic (exact) mass is 825 g/mol. The van der Waals surface area contributed by atoms with Gasteiger partial charge in [0.25, 0.3) is 0 Å². The van der Waals surface area contributed by atoms with Crippen molar-refractivity contribution in [2.45, 2.75) is 67.2 Å². The fourth-order valence-corrected chi connectivity index (χ4v) is 6.75. The molecule has 0 amide bonds. The number of pyridine rings is 1. The van der Waals surface area contributed by atoms with Gasteiger partial charge in [-0.2, -0.15) is 16.7 Å². The summed E-state index contributed by atoms with van der Waals surface area (Å²) in [6.45, 7) is 15.3. The number of hydrogen-bond acceptors (Lipinski definition) is 3. The predicted molar refractivity (Wildman–Crippen MR) is 197 cm³/mol. The van der Waals surface area contributed by atoms with Crippen LogP contribution in [0.5, 0.6) is 11.5 Å². The molecule has 7 aromatic rings. The Bertz CT molecular complexity index is 2260. The third-order valence-electron chi connectivity index (χ3n) is 9.56. The first-order valence-electron chi connectivity index (χ1n) is 17.0. The number of fused-ring (bicyclic) bond motifs is 3. The van der Waals surface area contributed by atoms with Crippen molar-refractivity contribution in [1.29, 1.82) is 0 Å². The molecule has 1 atom stereocenters. The summed E-state index contributed by atoms with van der Waals surface area (Å²) in [6, 6.07) is 37.0. The van der Waals surface area contributed by atoms with E-state index in [-0.39, 0.29) is 21.1 Å². The number of nitrogens with zero attached hydrogens (tertiary/aromatic N) is 4. The van der Waals surface area contributed by atoms with Gasteiger partial charge in [-0.25, -0.2) is 4.98 Å². The first-order chi connectivity index (χ1) is 23.2. The van der Waals surface area contributed by atoms with Gasteiger partial charge in [-0.15, -0.1) is 35.7 Å². The molecule has 1 unspecified atom stereocenters. The first-order valence-corrected chi connectivity index (χ1v) is 17.0. The average Bonchev–Trinajstić information content (AvgIpc) is 3.56. The maximum atomic E-state index is 6.62. The predicted octanol–water partition coefficient (Wildman–Crippen LogP) is 11.1. The van der Waals surface area contributed by atoms with Crippen LogP contribution in [0.1, 0.15) is 68.1 Å². The quantitative estimate of drug-likeness (QED) is 0.136. The Morgan fingerprint density at radius 3 is 2.35 bits per heavy atom. The number of aryl methyl sites for hydroxylation is 3. The third-order valence-corrected chi connectivity index (χ3v) is 9.56. The molecule has 250 valence electrons. The molecule has 0 aliphatic rings. The standard InChI is InChI=1S/C43H42N4O.Pt/c1-8-12-32-22-35(47-31(7)43(30(6)45-47)33-13-10-9-11-14-33)25-37(23-32)48-36-16-17-38-39-24-34(29(5)27(2)3)15-18-40(39)46(41(38)26-36)42-21-28(4)19-20-44-42;/h9-11,13-24,27,29H,8,12H2,1-7H3;/q-2;+2. The number of aromatic nitrogens is 4. The minimum absolute atomic E-state index is 0. The van der Waals surface area contributed by atoms with Crippen LogP contribution in [0, 0.1) is 38.8 Å². The molecule has 0 aliphatic heterocycles. The number of ether oxygens (including phenoxy) is 1. The fraction of sp³-hybridized carbons (Fsp3) is 0.256. The number of rotatable bonds is 9. The van der Waals surface area contributed by atoms with Crippen LogP contribution in [0.3, 0.4) is 0 Å². The van der Waals surface area contributed by atoms with Gasteiger partial charge >= 0.3 is 21.1 Å². The van der Waals surface area contributed by atoms with Crippen LogP contribution < -0.4 is 4.74 Å². The van der Waals surface area contributed by atoms with E-state index in [0.717, 1.165) is 68.8 Å². The molecular weight excluding hydrogens is 784 g/mol. The number of hydrogen-bond donors (Lipinski definition) is 0. The second-order valence-electron chi connectivity index (χ2n) is 13.3. The van der Waals surface area contributed by atoms with E-state index in [4.69, 9.17) is 14.8 Å². The van der Waals surface area contributed by atoms with E-state index in [2.05, 4.69) is 132 Å². The summed E-state index contributed by atoms with van der Waals surface area (Å²) in [5.74, 6) is 3.13. The van der Waals surface area contributed by atoms with Crippen molar-refractivity contribution in [2.24, 2.45) is 5.92 Å². The van der Waals surface area contributed by atoms with Gasteiger partial charge in [-0.05, 0) is 78.6 Å². The Morgan fingerprint density at radius 2 is 1.61 bits per heavy atom. The largest absolute Gasteiger partial charge is 2.00 e. The van der Waals surface area contributed by atoms with Gasteiger partial charge in [0.1, 0.15) is 5.82 Å². The molecule has 0 saturated heterocycles. The van der Waals surface area contributed by atoms with Crippen LogP contribution in [0.4, 0.5) is 0 Å². The van der Waals surface area contributed by atoms with Crippen LogP contribution in [0.15, 0.2) is 91.1 Å². The van der Waals surface area contributed by atoms with E-state index in [1.807, 2.05) is 29.1 Å². The van der Waals surface area contributed by atoms with Crippen molar-refractivity contribution in [3.05, 3.63) is 131 Å². The molecular formula is C43H42N4OPt. The molecule has 0 aliphatic carbocycles. The van der Waals surface area contributed by atoms with E-state index in [9.17, 15) is 0 Å². The Hall–Kier alpha value is -4.47. The zero-order chi connectivity index (χ0) is 33.5. The minimum Gasteiger partial charge on any atom is -0.509 e. The molecule has 5 nitrogen and oxygen atoms in total. The molecule has 6 heteroatoms. The van der Waals surface area contributed by atoms with E-state index in [0.29, 0.717) is 23.3 Å². The second-order valence-corrected chi connectivity index (χ2v) is 13.3. The summed E-state index contributed by atoms with van der Waals surface area (Å²) in [5, 5.41) is 7.28. The van der Waals surface area contributed by atoms with E-state index in [1.54, 1.807) is 0 Å². The molecule has 3 heterocycles. The van der Waals surface area contributed by atoms with Crippen molar-refractivity contribution in [3.63, 3.8) is 0 Å². The second kappa shape index (κ2) is 14.2. The van der Waals surface area contributed by atoms with Crippen LogP contribution in [-0.4, -0.2) is 19.3 Å². The molecule has 0 spiro atoms. The van der Waals surface area contributed by atoms with Crippen LogP contribution in [-0.2, 0) is 27.5 Å². The zero-order valence-corrected chi connectivity index (χ0v) is 31.5. The van der Waals surface area contributed by atoms with E-state index < -0.39 is 0 Å². The van der Waals surface area contributed by atoms with Gasteiger partial charge in [0, 0.05) is 34.5 Å². The summed E-state index contributed by atoms with van der Waals surface area (Å²) in [4.78, 5) is 4.78. The van der Waals surface area contributed by atoms with Crippen molar-refractivity contribution >= 4 is 21.8 Å². The summed E-state index contributed by atoms with van der Waals surface area (Å²) in [6.07, 6.45) is 3.82. The van der Waals surface area contributed by atoms with Gasteiger partial charge in [-0.1, -0.05) is 88.5 Å². The minimum atomic E-state index is 0. The molecule has 0 N–H and O–H groups in total. The molecule has 0 saturated carbocycles. The topological polar surface area (TPSA) is 44.9 Å². The first kappa shape index (κ1) is 34.4. The maximum absolute atomic E-state index is 6.62. The smallest absolute Gasteiger partial charge is 0.509 e. The van der Waals surface area contributed by atoms with Crippen molar-refractivity contribution in [3.8, 4) is 34.1 Å². The zero-order valence-electron chi connectivity index (χ0n) is 29.2. The van der Waals surface area contributed by atoms with Gasteiger partial charge in [0.15, 0.2) is 0 Å². The Labute approximate surface area is 304 Å². The average molecular weight is 826 g/mol. The maximum Gasteiger partial charge on any atom is 2.00 e. The summed E-state index contributed by atoms with van der Waals surface area (Å²) < 4.78 is 10.8. The van der Waals surface area contributed by atoms with Crippen molar-refractivity contribution in [2.75, 3.05) is 0 Å². The Kier molecular flexibility index (Phi) is 9.95. The molecule has 49 heavy (non-hydrogen) atoms. The molecule has 0 fully saturated rings. The number of benzene rings is 4. The molecule has 0 bridgehead atoms. The fourth-order valence-electron chi connectivity index (χ4n) is 6.75. The molecule has 3 aromatic heterocycles. The van der Waals surface area contributed by atoms with Crippen molar-refractivity contribution < 1.29 is 25.8 Å². The van der Waals surface area contributed by atoms with E-state index in [1.165, 1.54) is 16.5 Å². The van der Waals surface area contributed by atoms with E-state index >= 15 is 0 Å². The van der Waals surface area contributed by atoms with Crippen LogP contribution >= 0.6 is 0 Å².